The topological polar surface area (TPSA) is 55.9 Å². The maximum Gasteiger partial charge on any atom is 0.106 e. The Bertz CT molecular complexity index is 563. The van der Waals surface area contributed by atoms with Crippen molar-refractivity contribution in [1.29, 1.82) is 0 Å². The van der Waals surface area contributed by atoms with Crippen molar-refractivity contribution in [2.45, 2.75) is 32.4 Å². The summed E-state index contributed by atoms with van der Waals surface area (Å²) in [5, 5.41) is 3.28. The van der Waals surface area contributed by atoms with Crippen LogP contribution in [0.3, 0.4) is 0 Å². The molecule has 1 unspecified atom stereocenters. The summed E-state index contributed by atoms with van der Waals surface area (Å²) in [6.07, 6.45) is 0. The van der Waals surface area contributed by atoms with Gasteiger partial charge in [0.2, 0.25) is 0 Å². The minimum absolute atomic E-state index is 0.115. The number of nitrogens with one attached hydrogen (secondary N) is 1. The van der Waals surface area contributed by atoms with Gasteiger partial charge in [0.25, 0.3) is 0 Å². The van der Waals surface area contributed by atoms with E-state index >= 15 is 0 Å². The molecule has 0 radical (unpaired) electrons. The Labute approximate surface area is 108 Å². The molecular weight excluding hydrogens is 224 g/mol. The smallest absolute Gasteiger partial charge is 0.106 e. The van der Waals surface area contributed by atoms with Crippen LogP contribution in [0.25, 0.3) is 11.0 Å². The Kier molecular flexibility index (Phi) is 3.17. The fourth-order valence-corrected chi connectivity index (χ4v) is 2.49. The second kappa shape index (κ2) is 4.37. The van der Waals surface area contributed by atoms with E-state index in [0.717, 1.165) is 16.9 Å². The Balaban J connectivity index is 2.53. The summed E-state index contributed by atoms with van der Waals surface area (Å²) in [5.74, 6) is 1.02. The molecule has 1 aromatic heterocycles. The molecule has 3 N–H and O–H groups in total. The molecule has 1 aromatic carbocycles. The zero-order chi connectivity index (χ0) is 13.5. The molecule has 1 heterocycles. The van der Waals surface area contributed by atoms with Crippen LogP contribution in [0.5, 0.6) is 0 Å². The summed E-state index contributed by atoms with van der Waals surface area (Å²) in [5.41, 5.74) is 9.26. The summed E-state index contributed by atoms with van der Waals surface area (Å²) in [4.78, 5) is 4.57. The SMILES string of the molecule is CNC(c1ccc2c(c1)nc(C)n2C)C(C)(C)N. The summed E-state index contributed by atoms with van der Waals surface area (Å²) in [6, 6.07) is 6.47. The number of benzene rings is 1. The lowest BCUT2D eigenvalue weighted by atomic mass is 9.89. The molecule has 0 aliphatic rings. The first kappa shape index (κ1) is 13.1. The van der Waals surface area contributed by atoms with E-state index in [0.29, 0.717) is 0 Å². The quantitative estimate of drug-likeness (QED) is 0.869. The van der Waals surface area contributed by atoms with Crippen LogP contribution in [0.1, 0.15) is 31.3 Å². The van der Waals surface area contributed by atoms with Crippen molar-refractivity contribution in [3.63, 3.8) is 0 Å². The number of hydrogen-bond acceptors (Lipinski definition) is 3. The number of aromatic nitrogens is 2. The summed E-state index contributed by atoms with van der Waals surface area (Å²) in [7, 11) is 3.97. The minimum atomic E-state index is -0.313. The molecule has 0 saturated heterocycles. The number of nitrogens with two attached hydrogens (primary N) is 1. The fourth-order valence-electron chi connectivity index (χ4n) is 2.49. The highest BCUT2D eigenvalue weighted by Gasteiger charge is 2.25. The molecule has 0 aliphatic heterocycles. The molecule has 0 fully saturated rings. The first-order chi connectivity index (χ1) is 8.34. The van der Waals surface area contributed by atoms with E-state index in [1.807, 2.05) is 34.9 Å². The summed E-state index contributed by atoms with van der Waals surface area (Å²) < 4.78 is 2.10. The number of aryl methyl sites for hydroxylation is 2. The van der Waals surface area contributed by atoms with Gasteiger partial charge in [-0.05, 0) is 45.5 Å². The highest BCUT2D eigenvalue weighted by atomic mass is 15.0. The number of imidazole rings is 1. The minimum Gasteiger partial charge on any atom is -0.331 e. The molecule has 18 heavy (non-hydrogen) atoms. The molecule has 0 bridgehead atoms. The van der Waals surface area contributed by atoms with Gasteiger partial charge in [0.15, 0.2) is 0 Å². The third kappa shape index (κ3) is 2.13. The third-order valence-corrected chi connectivity index (χ3v) is 3.49. The van der Waals surface area contributed by atoms with Gasteiger partial charge in [-0.25, -0.2) is 4.98 Å². The molecular formula is C14H22N4. The van der Waals surface area contributed by atoms with Crippen LogP contribution in [0.4, 0.5) is 0 Å². The Morgan fingerprint density at radius 1 is 1.39 bits per heavy atom. The molecule has 2 rings (SSSR count). The van der Waals surface area contributed by atoms with Gasteiger partial charge in [-0.1, -0.05) is 6.07 Å². The standard InChI is InChI=1S/C14H22N4/c1-9-17-11-8-10(6-7-12(11)18(9)5)13(16-4)14(2,3)15/h6-8,13,16H,15H2,1-5H3. The van der Waals surface area contributed by atoms with Crippen molar-refractivity contribution >= 4 is 11.0 Å². The van der Waals surface area contributed by atoms with Crippen LogP contribution < -0.4 is 11.1 Å². The molecule has 98 valence electrons. The van der Waals surface area contributed by atoms with Crippen LogP contribution in [-0.2, 0) is 7.05 Å². The van der Waals surface area contributed by atoms with Crippen molar-refractivity contribution in [2.24, 2.45) is 12.8 Å². The largest absolute Gasteiger partial charge is 0.331 e. The van der Waals surface area contributed by atoms with E-state index in [1.54, 1.807) is 0 Å². The Hall–Kier alpha value is -1.39. The fraction of sp³-hybridized carbons (Fsp3) is 0.500. The molecule has 0 saturated carbocycles. The van der Waals surface area contributed by atoms with Crippen molar-refractivity contribution in [1.82, 2.24) is 14.9 Å². The van der Waals surface area contributed by atoms with Gasteiger partial charge in [0.1, 0.15) is 5.82 Å². The monoisotopic (exact) mass is 246 g/mol. The first-order valence-corrected chi connectivity index (χ1v) is 6.23. The maximum absolute atomic E-state index is 6.21. The van der Waals surface area contributed by atoms with Gasteiger partial charge in [0, 0.05) is 18.6 Å². The van der Waals surface area contributed by atoms with E-state index < -0.39 is 0 Å². The molecule has 0 amide bonds. The molecule has 0 spiro atoms. The number of rotatable bonds is 3. The average Bonchev–Trinajstić information content (AvgIpc) is 2.53. The lowest BCUT2D eigenvalue weighted by molar-refractivity contribution is 0.370. The normalized spacial score (nSPS) is 14.1. The van der Waals surface area contributed by atoms with Crippen LogP contribution >= 0.6 is 0 Å². The second-order valence-corrected chi connectivity index (χ2v) is 5.51. The van der Waals surface area contributed by atoms with Gasteiger partial charge >= 0.3 is 0 Å². The second-order valence-electron chi connectivity index (χ2n) is 5.51. The molecule has 1 atom stereocenters. The highest BCUT2D eigenvalue weighted by Crippen LogP contribution is 2.26. The molecule has 4 heteroatoms. The van der Waals surface area contributed by atoms with Gasteiger partial charge < -0.3 is 15.6 Å². The van der Waals surface area contributed by atoms with Crippen LogP contribution in [0.15, 0.2) is 18.2 Å². The van der Waals surface area contributed by atoms with Crippen molar-refractivity contribution in [2.75, 3.05) is 7.05 Å². The van der Waals surface area contributed by atoms with Gasteiger partial charge in [-0.3, -0.25) is 0 Å². The predicted molar refractivity (Wildman–Crippen MR) is 75.5 cm³/mol. The lowest BCUT2D eigenvalue weighted by Crippen LogP contribution is -2.45. The Morgan fingerprint density at radius 3 is 2.61 bits per heavy atom. The maximum atomic E-state index is 6.21. The predicted octanol–water partition coefficient (Wildman–Crippen LogP) is 1.88. The average molecular weight is 246 g/mol. The van der Waals surface area contributed by atoms with E-state index in [-0.39, 0.29) is 11.6 Å². The van der Waals surface area contributed by atoms with Gasteiger partial charge in [0.05, 0.1) is 11.0 Å². The van der Waals surface area contributed by atoms with E-state index in [9.17, 15) is 0 Å². The highest BCUT2D eigenvalue weighted by molar-refractivity contribution is 5.77. The Morgan fingerprint density at radius 2 is 2.06 bits per heavy atom. The summed E-state index contributed by atoms with van der Waals surface area (Å²) >= 11 is 0. The number of fused-ring (bicyclic) bond motifs is 1. The van der Waals surface area contributed by atoms with E-state index in [1.165, 1.54) is 5.56 Å². The van der Waals surface area contributed by atoms with Gasteiger partial charge in [-0.2, -0.15) is 0 Å². The van der Waals surface area contributed by atoms with E-state index in [2.05, 4.69) is 33.1 Å². The van der Waals surface area contributed by atoms with E-state index in [4.69, 9.17) is 5.73 Å². The van der Waals surface area contributed by atoms with Crippen LogP contribution in [-0.4, -0.2) is 22.1 Å². The van der Waals surface area contributed by atoms with Crippen LogP contribution in [0, 0.1) is 6.92 Å². The van der Waals surface area contributed by atoms with Crippen molar-refractivity contribution in [3.05, 3.63) is 29.6 Å². The van der Waals surface area contributed by atoms with Crippen molar-refractivity contribution in [3.8, 4) is 0 Å². The molecule has 4 nitrogen and oxygen atoms in total. The van der Waals surface area contributed by atoms with Crippen molar-refractivity contribution < 1.29 is 0 Å². The number of hydrogen-bond donors (Lipinski definition) is 2. The third-order valence-electron chi connectivity index (χ3n) is 3.49. The van der Waals surface area contributed by atoms with Gasteiger partial charge in [-0.15, -0.1) is 0 Å². The number of likely N-dealkylation sites (N-methyl/N-ethyl adjacent to an activating group) is 1. The lowest BCUT2D eigenvalue weighted by Gasteiger charge is -2.30. The first-order valence-electron chi connectivity index (χ1n) is 6.23. The van der Waals surface area contributed by atoms with Crippen LogP contribution in [0.2, 0.25) is 0 Å². The zero-order valence-electron chi connectivity index (χ0n) is 11.8. The molecule has 0 aliphatic carbocycles. The number of nitrogens with zero attached hydrogens (tertiary/aromatic N) is 2. The summed E-state index contributed by atoms with van der Waals surface area (Å²) in [6.45, 7) is 6.08. The zero-order valence-corrected chi connectivity index (χ0v) is 11.8. The molecule has 2 aromatic rings.